The molecule has 1 aromatic rings. The van der Waals surface area contributed by atoms with Gasteiger partial charge < -0.3 is 10.6 Å². The molecule has 0 bridgehead atoms. The van der Waals surface area contributed by atoms with Crippen LogP contribution in [-0.4, -0.2) is 17.6 Å². The lowest BCUT2D eigenvalue weighted by Gasteiger charge is -2.09. The van der Waals surface area contributed by atoms with Gasteiger partial charge in [0.2, 0.25) is 0 Å². The summed E-state index contributed by atoms with van der Waals surface area (Å²) in [5, 5.41) is 6.29. The second-order valence-corrected chi connectivity index (χ2v) is 4.21. The number of rotatable bonds is 6. The van der Waals surface area contributed by atoms with Crippen LogP contribution in [0.3, 0.4) is 0 Å². The minimum atomic E-state index is -0.218. The zero-order chi connectivity index (χ0) is 11.4. The molecule has 1 heterocycles. The van der Waals surface area contributed by atoms with Gasteiger partial charge in [0, 0.05) is 30.9 Å². The van der Waals surface area contributed by atoms with Crippen LogP contribution in [0.15, 0.2) is 12.3 Å². The average Bonchev–Trinajstić information content (AvgIpc) is 3.10. The van der Waals surface area contributed by atoms with E-state index in [0.29, 0.717) is 24.0 Å². The number of nitrogens with one attached hydrogen (secondary N) is 2. The van der Waals surface area contributed by atoms with Crippen LogP contribution in [0.4, 0.5) is 10.2 Å². The third-order valence-electron chi connectivity index (χ3n) is 2.67. The van der Waals surface area contributed by atoms with E-state index < -0.39 is 0 Å². The van der Waals surface area contributed by atoms with Gasteiger partial charge in [0.1, 0.15) is 0 Å². The lowest BCUT2D eigenvalue weighted by molar-refractivity contribution is 0.584. The molecule has 1 aliphatic carbocycles. The van der Waals surface area contributed by atoms with Crippen LogP contribution in [0.1, 0.15) is 31.7 Å². The van der Waals surface area contributed by atoms with Crippen LogP contribution in [0.2, 0.25) is 0 Å². The molecule has 0 spiro atoms. The summed E-state index contributed by atoms with van der Waals surface area (Å²) in [7, 11) is 0. The van der Waals surface area contributed by atoms with Crippen molar-refractivity contribution in [3.63, 3.8) is 0 Å². The van der Waals surface area contributed by atoms with Gasteiger partial charge in [-0.15, -0.1) is 0 Å². The van der Waals surface area contributed by atoms with Gasteiger partial charge >= 0.3 is 0 Å². The fraction of sp³-hybridized carbons (Fsp3) is 0.583. The highest BCUT2D eigenvalue weighted by atomic mass is 19.1. The van der Waals surface area contributed by atoms with Gasteiger partial charge in [-0.3, -0.25) is 0 Å². The van der Waals surface area contributed by atoms with Crippen LogP contribution in [0.25, 0.3) is 0 Å². The Morgan fingerprint density at radius 3 is 3.00 bits per heavy atom. The highest BCUT2D eigenvalue weighted by Gasteiger charge is 2.20. The predicted molar refractivity (Wildman–Crippen MR) is 62.8 cm³/mol. The number of hydrogen-bond acceptors (Lipinski definition) is 3. The Kier molecular flexibility index (Phi) is 3.72. The van der Waals surface area contributed by atoms with E-state index >= 15 is 0 Å². The summed E-state index contributed by atoms with van der Waals surface area (Å²) < 4.78 is 13.9. The molecule has 88 valence electrons. The number of pyridine rings is 1. The van der Waals surface area contributed by atoms with E-state index in [0.717, 1.165) is 13.0 Å². The van der Waals surface area contributed by atoms with Gasteiger partial charge in [-0.1, -0.05) is 6.92 Å². The number of aromatic nitrogens is 1. The summed E-state index contributed by atoms with van der Waals surface area (Å²) in [5.41, 5.74) is 0.695. The van der Waals surface area contributed by atoms with Crippen molar-refractivity contribution in [1.82, 2.24) is 10.3 Å². The van der Waals surface area contributed by atoms with Gasteiger partial charge in [-0.25, -0.2) is 9.37 Å². The highest BCUT2D eigenvalue weighted by molar-refractivity contribution is 5.39. The first-order valence-electron chi connectivity index (χ1n) is 5.92. The number of hydrogen-bond donors (Lipinski definition) is 2. The van der Waals surface area contributed by atoms with Crippen LogP contribution in [0.5, 0.6) is 0 Å². The molecule has 16 heavy (non-hydrogen) atoms. The number of nitrogens with zero attached hydrogens (tertiary/aromatic N) is 1. The summed E-state index contributed by atoms with van der Waals surface area (Å²) in [4.78, 5) is 4.01. The first-order valence-corrected chi connectivity index (χ1v) is 5.92. The third kappa shape index (κ3) is 2.92. The molecule has 0 atom stereocenters. The van der Waals surface area contributed by atoms with E-state index in [4.69, 9.17) is 0 Å². The van der Waals surface area contributed by atoms with Crippen molar-refractivity contribution >= 4 is 5.82 Å². The quantitative estimate of drug-likeness (QED) is 0.777. The maximum Gasteiger partial charge on any atom is 0.169 e. The first-order chi connectivity index (χ1) is 7.81. The van der Waals surface area contributed by atoms with Gasteiger partial charge in [0.15, 0.2) is 11.6 Å². The van der Waals surface area contributed by atoms with E-state index in [1.54, 1.807) is 12.3 Å². The van der Waals surface area contributed by atoms with E-state index in [-0.39, 0.29) is 5.82 Å². The van der Waals surface area contributed by atoms with E-state index in [2.05, 4.69) is 15.6 Å². The maximum atomic E-state index is 13.9. The summed E-state index contributed by atoms with van der Waals surface area (Å²) >= 11 is 0. The van der Waals surface area contributed by atoms with Crippen LogP contribution in [-0.2, 0) is 6.54 Å². The summed E-state index contributed by atoms with van der Waals surface area (Å²) in [6.07, 6.45) is 5.05. The molecule has 1 aliphatic rings. The van der Waals surface area contributed by atoms with Crippen molar-refractivity contribution in [2.75, 3.05) is 11.9 Å². The molecule has 0 aliphatic heterocycles. The zero-order valence-corrected chi connectivity index (χ0v) is 9.59. The normalized spacial score (nSPS) is 15.1. The molecule has 1 aromatic heterocycles. The molecular weight excluding hydrogens is 205 g/mol. The summed E-state index contributed by atoms with van der Waals surface area (Å²) in [6.45, 7) is 3.40. The minimum absolute atomic E-state index is 0.218. The molecule has 3 nitrogen and oxygen atoms in total. The van der Waals surface area contributed by atoms with Crippen molar-refractivity contribution in [2.24, 2.45) is 0 Å². The smallest absolute Gasteiger partial charge is 0.169 e. The maximum absolute atomic E-state index is 13.9. The van der Waals surface area contributed by atoms with Crippen molar-refractivity contribution in [1.29, 1.82) is 0 Å². The Balaban J connectivity index is 1.99. The van der Waals surface area contributed by atoms with Crippen LogP contribution < -0.4 is 10.6 Å². The Bertz CT molecular complexity index is 350. The molecule has 0 saturated heterocycles. The average molecular weight is 223 g/mol. The van der Waals surface area contributed by atoms with Crippen molar-refractivity contribution in [3.8, 4) is 0 Å². The lowest BCUT2D eigenvalue weighted by Crippen LogP contribution is -2.17. The zero-order valence-electron chi connectivity index (χ0n) is 9.59. The molecule has 0 aromatic carbocycles. The second-order valence-electron chi connectivity index (χ2n) is 4.21. The van der Waals surface area contributed by atoms with E-state index in [9.17, 15) is 4.39 Å². The Morgan fingerprint density at radius 1 is 1.50 bits per heavy atom. The van der Waals surface area contributed by atoms with E-state index in [1.165, 1.54) is 12.8 Å². The molecule has 0 unspecified atom stereocenters. The first kappa shape index (κ1) is 11.3. The molecule has 1 saturated carbocycles. The Labute approximate surface area is 95.5 Å². The van der Waals surface area contributed by atoms with Gasteiger partial charge in [-0.05, 0) is 25.3 Å². The van der Waals surface area contributed by atoms with Crippen molar-refractivity contribution < 1.29 is 4.39 Å². The standard InChI is InChI=1S/C12H18FN3/c1-2-6-14-12-11(13)9(5-7-15-12)8-16-10-3-4-10/h5,7,10,16H,2-4,6,8H2,1H3,(H,14,15). The highest BCUT2D eigenvalue weighted by Crippen LogP contribution is 2.21. The Hall–Kier alpha value is -1.16. The molecular formula is C12H18FN3. The SMILES string of the molecule is CCCNc1nccc(CNC2CC2)c1F. The summed E-state index contributed by atoms with van der Waals surface area (Å²) in [5.74, 6) is 0.154. The lowest BCUT2D eigenvalue weighted by atomic mass is 10.2. The van der Waals surface area contributed by atoms with Crippen molar-refractivity contribution in [3.05, 3.63) is 23.6 Å². The molecule has 2 N–H and O–H groups in total. The van der Waals surface area contributed by atoms with Crippen molar-refractivity contribution in [2.45, 2.75) is 38.8 Å². The predicted octanol–water partition coefficient (Wildman–Crippen LogP) is 2.29. The molecule has 4 heteroatoms. The third-order valence-corrected chi connectivity index (χ3v) is 2.67. The monoisotopic (exact) mass is 223 g/mol. The largest absolute Gasteiger partial charge is 0.368 e. The van der Waals surface area contributed by atoms with Gasteiger partial charge in [-0.2, -0.15) is 0 Å². The molecule has 2 rings (SSSR count). The molecule has 0 radical (unpaired) electrons. The van der Waals surface area contributed by atoms with Gasteiger partial charge in [0.25, 0.3) is 0 Å². The topological polar surface area (TPSA) is 37.0 Å². The summed E-state index contributed by atoms with van der Waals surface area (Å²) in [6, 6.07) is 2.33. The van der Waals surface area contributed by atoms with Gasteiger partial charge in [0.05, 0.1) is 0 Å². The fourth-order valence-electron chi connectivity index (χ4n) is 1.53. The molecule has 1 fully saturated rings. The fourth-order valence-corrected chi connectivity index (χ4v) is 1.53. The van der Waals surface area contributed by atoms with Crippen LogP contribution in [0, 0.1) is 5.82 Å². The van der Waals surface area contributed by atoms with E-state index in [1.807, 2.05) is 6.92 Å². The minimum Gasteiger partial charge on any atom is -0.368 e. The van der Waals surface area contributed by atoms with Crippen LogP contribution >= 0.6 is 0 Å². The number of anilines is 1. The number of halogens is 1. The second kappa shape index (κ2) is 5.25. The molecule has 0 amide bonds. The Morgan fingerprint density at radius 2 is 2.31 bits per heavy atom.